The number of carbonyl (C=O) groups excluding carboxylic acids is 3. The second kappa shape index (κ2) is 6.90. The Hall–Kier alpha value is -2.70. The molecule has 7 nitrogen and oxygen atoms in total. The van der Waals surface area contributed by atoms with Crippen LogP contribution in [-0.4, -0.2) is 38.6 Å². The Balaban J connectivity index is 1.30. The Morgan fingerprint density at radius 3 is 2.58 bits per heavy atom. The molecule has 1 saturated heterocycles. The maximum absolute atomic E-state index is 12.4. The van der Waals surface area contributed by atoms with Crippen molar-refractivity contribution >= 4 is 23.4 Å². The van der Waals surface area contributed by atoms with Crippen molar-refractivity contribution in [3.63, 3.8) is 0 Å². The lowest BCUT2D eigenvalue weighted by Gasteiger charge is -2.19. The van der Waals surface area contributed by atoms with Crippen molar-refractivity contribution in [3.8, 4) is 0 Å². The molecule has 136 valence electrons. The van der Waals surface area contributed by atoms with E-state index in [0.29, 0.717) is 6.54 Å². The average molecular weight is 354 g/mol. The first kappa shape index (κ1) is 16.8. The molecule has 2 fully saturated rings. The normalized spacial score (nSPS) is 22.7. The number of pyridine rings is 1. The molecular formula is C19H22N4O3. The Kier molecular flexibility index (Phi) is 4.44. The summed E-state index contributed by atoms with van der Waals surface area (Å²) in [7, 11) is 0. The minimum Gasteiger partial charge on any atom is -0.350 e. The van der Waals surface area contributed by atoms with E-state index in [1.165, 1.54) is 4.90 Å². The number of imidazole rings is 1. The molecule has 2 aromatic heterocycles. The van der Waals surface area contributed by atoms with Gasteiger partial charge in [0.25, 0.3) is 0 Å². The van der Waals surface area contributed by atoms with Crippen molar-refractivity contribution in [2.24, 2.45) is 11.8 Å². The molecule has 0 bridgehead atoms. The Morgan fingerprint density at radius 2 is 1.88 bits per heavy atom. The highest BCUT2D eigenvalue weighted by molar-refractivity contribution is 6.05. The van der Waals surface area contributed by atoms with Crippen LogP contribution >= 0.6 is 0 Å². The van der Waals surface area contributed by atoms with Crippen LogP contribution < -0.4 is 5.32 Å². The second-order valence-corrected chi connectivity index (χ2v) is 7.05. The fourth-order valence-corrected chi connectivity index (χ4v) is 4.01. The van der Waals surface area contributed by atoms with Gasteiger partial charge in [-0.15, -0.1) is 0 Å². The summed E-state index contributed by atoms with van der Waals surface area (Å²) in [6.07, 6.45) is 7.51. The minimum atomic E-state index is -0.183. The summed E-state index contributed by atoms with van der Waals surface area (Å²) in [5, 5.41) is 2.81. The van der Waals surface area contributed by atoms with E-state index in [1.807, 2.05) is 35.0 Å². The number of carbonyl (C=O) groups is 3. The van der Waals surface area contributed by atoms with Crippen molar-refractivity contribution in [2.75, 3.05) is 6.54 Å². The smallest absolute Gasteiger partial charge is 0.233 e. The monoisotopic (exact) mass is 354 g/mol. The number of imide groups is 1. The number of nitrogens with one attached hydrogen (secondary N) is 1. The first-order chi connectivity index (χ1) is 12.6. The van der Waals surface area contributed by atoms with Crippen LogP contribution in [0.25, 0.3) is 5.65 Å². The van der Waals surface area contributed by atoms with Crippen LogP contribution in [0.1, 0.15) is 37.8 Å². The van der Waals surface area contributed by atoms with Gasteiger partial charge in [0.1, 0.15) is 5.65 Å². The van der Waals surface area contributed by atoms with Crippen LogP contribution in [0.2, 0.25) is 0 Å². The van der Waals surface area contributed by atoms with Crippen molar-refractivity contribution in [1.82, 2.24) is 19.6 Å². The highest BCUT2D eigenvalue weighted by atomic mass is 16.2. The lowest BCUT2D eigenvalue weighted by atomic mass is 9.81. The zero-order valence-electron chi connectivity index (χ0n) is 14.6. The molecule has 0 unspecified atom stereocenters. The number of hydrogen-bond donors (Lipinski definition) is 1. The van der Waals surface area contributed by atoms with E-state index in [2.05, 4.69) is 10.3 Å². The second-order valence-electron chi connectivity index (χ2n) is 7.05. The molecule has 1 aliphatic carbocycles. The van der Waals surface area contributed by atoms with Gasteiger partial charge in [-0.1, -0.05) is 18.9 Å². The molecule has 26 heavy (non-hydrogen) atoms. The van der Waals surface area contributed by atoms with E-state index in [4.69, 9.17) is 0 Å². The third kappa shape index (κ3) is 3.09. The van der Waals surface area contributed by atoms with Gasteiger partial charge in [-0.3, -0.25) is 19.3 Å². The van der Waals surface area contributed by atoms with Gasteiger partial charge in [0.05, 0.1) is 24.1 Å². The number of nitrogens with zero attached hydrogens (tertiary/aromatic N) is 3. The van der Waals surface area contributed by atoms with E-state index >= 15 is 0 Å². The van der Waals surface area contributed by atoms with Crippen LogP contribution in [0, 0.1) is 11.8 Å². The molecule has 2 aromatic rings. The van der Waals surface area contributed by atoms with Gasteiger partial charge in [-0.2, -0.15) is 0 Å². The van der Waals surface area contributed by atoms with Crippen molar-refractivity contribution in [3.05, 3.63) is 36.3 Å². The first-order valence-electron chi connectivity index (χ1n) is 9.18. The predicted molar refractivity (Wildman–Crippen MR) is 93.8 cm³/mol. The molecule has 3 amide bonds. The number of hydrogen-bond acceptors (Lipinski definition) is 4. The van der Waals surface area contributed by atoms with Gasteiger partial charge in [-0.25, -0.2) is 4.98 Å². The Bertz CT molecular complexity index is 802. The summed E-state index contributed by atoms with van der Waals surface area (Å²) in [5.74, 6) is -0.673. The molecule has 4 rings (SSSR count). The average Bonchev–Trinajstić information content (AvgIpc) is 3.18. The van der Waals surface area contributed by atoms with E-state index in [9.17, 15) is 14.4 Å². The summed E-state index contributed by atoms with van der Waals surface area (Å²) in [5.41, 5.74) is 1.59. The zero-order valence-corrected chi connectivity index (χ0v) is 14.6. The van der Waals surface area contributed by atoms with Crippen molar-refractivity contribution in [2.45, 2.75) is 38.6 Å². The number of fused-ring (bicyclic) bond motifs is 2. The van der Waals surface area contributed by atoms with E-state index in [-0.39, 0.29) is 42.5 Å². The molecule has 1 saturated carbocycles. The number of likely N-dealkylation sites (tertiary alicyclic amines) is 1. The Morgan fingerprint density at radius 1 is 1.15 bits per heavy atom. The van der Waals surface area contributed by atoms with E-state index < -0.39 is 0 Å². The molecule has 1 aliphatic heterocycles. The molecule has 3 heterocycles. The van der Waals surface area contributed by atoms with Crippen LogP contribution in [-0.2, 0) is 20.9 Å². The summed E-state index contributed by atoms with van der Waals surface area (Å²) in [6.45, 7) is 0.495. The van der Waals surface area contributed by atoms with Crippen molar-refractivity contribution in [1.29, 1.82) is 0 Å². The van der Waals surface area contributed by atoms with Gasteiger partial charge in [0, 0.05) is 25.4 Å². The fourth-order valence-electron chi connectivity index (χ4n) is 4.01. The summed E-state index contributed by atoms with van der Waals surface area (Å²) in [6, 6.07) is 5.72. The molecule has 2 aliphatic rings. The maximum Gasteiger partial charge on any atom is 0.233 e. The number of aromatic nitrogens is 2. The van der Waals surface area contributed by atoms with Gasteiger partial charge in [0.2, 0.25) is 17.7 Å². The molecule has 7 heteroatoms. The predicted octanol–water partition coefficient (Wildman–Crippen LogP) is 1.52. The van der Waals surface area contributed by atoms with Crippen LogP contribution in [0.4, 0.5) is 0 Å². The largest absolute Gasteiger partial charge is 0.350 e. The SMILES string of the molecule is O=C(CCN1C(=O)[C@H]2CCCC[C@H]2C1=O)NCc1cn2ccccc2n1. The van der Waals surface area contributed by atoms with Gasteiger partial charge in [0.15, 0.2) is 0 Å². The summed E-state index contributed by atoms with van der Waals surface area (Å²) < 4.78 is 1.89. The highest BCUT2D eigenvalue weighted by Gasteiger charge is 2.47. The lowest BCUT2D eigenvalue weighted by Crippen LogP contribution is -2.35. The quantitative estimate of drug-likeness (QED) is 0.825. The summed E-state index contributed by atoms with van der Waals surface area (Å²) >= 11 is 0. The number of rotatable bonds is 5. The molecule has 1 N–H and O–H groups in total. The maximum atomic E-state index is 12.4. The van der Waals surface area contributed by atoms with E-state index in [1.54, 1.807) is 0 Å². The molecule has 0 aromatic carbocycles. The van der Waals surface area contributed by atoms with Crippen molar-refractivity contribution < 1.29 is 14.4 Å². The zero-order chi connectivity index (χ0) is 18.1. The highest BCUT2D eigenvalue weighted by Crippen LogP contribution is 2.37. The number of amides is 3. The molecule has 0 radical (unpaired) electrons. The van der Waals surface area contributed by atoms with Gasteiger partial charge in [-0.05, 0) is 25.0 Å². The molecular weight excluding hydrogens is 332 g/mol. The van der Waals surface area contributed by atoms with Gasteiger partial charge < -0.3 is 9.72 Å². The molecule has 2 atom stereocenters. The van der Waals surface area contributed by atoms with Crippen LogP contribution in [0.15, 0.2) is 30.6 Å². The fraction of sp³-hybridized carbons (Fsp3) is 0.474. The van der Waals surface area contributed by atoms with Gasteiger partial charge >= 0.3 is 0 Å². The third-order valence-electron chi connectivity index (χ3n) is 5.38. The summed E-state index contributed by atoms with van der Waals surface area (Å²) in [4.78, 5) is 42.6. The first-order valence-corrected chi connectivity index (χ1v) is 9.18. The lowest BCUT2D eigenvalue weighted by molar-refractivity contribution is -0.140. The van der Waals surface area contributed by atoms with Crippen LogP contribution in [0.5, 0.6) is 0 Å². The van der Waals surface area contributed by atoms with Crippen LogP contribution in [0.3, 0.4) is 0 Å². The third-order valence-corrected chi connectivity index (χ3v) is 5.38. The van der Waals surface area contributed by atoms with E-state index in [0.717, 1.165) is 37.0 Å². The standard InChI is InChI=1S/C19H22N4O3/c24-17(20-11-13-12-22-9-4-3-7-16(22)21-13)8-10-23-18(25)14-5-1-2-6-15(14)19(23)26/h3-4,7,9,12,14-15H,1-2,5-6,8,10-11H2,(H,20,24)/t14-,15+. The minimum absolute atomic E-state index is 0.0900. The Labute approximate surface area is 151 Å². The topological polar surface area (TPSA) is 83.8 Å². The molecule has 0 spiro atoms.